The quantitative estimate of drug-likeness (QED) is 0.636. The highest BCUT2D eigenvalue weighted by Gasteiger charge is 2.15. The minimum Gasteiger partial charge on any atom is -0.484 e. The van der Waals surface area contributed by atoms with Gasteiger partial charge in [-0.2, -0.15) is 0 Å². The third-order valence-corrected chi connectivity index (χ3v) is 3.91. The van der Waals surface area contributed by atoms with Crippen LogP contribution in [0.25, 0.3) is 0 Å². The number of nitrogens with one attached hydrogen (secondary N) is 1. The van der Waals surface area contributed by atoms with Gasteiger partial charge in [0.1, 0.15) is 5.75 Å². The molecule has 0 unspecified atom stereocenters. The fourth-order valence-electron chi connectivity index (χ4n) is 2.53. The summed E-state index contributed by atoms with van der Waals surface area (Å²) in [5.74, 6) is 1.62. The summed E-state index contributed by atoms with van der Waals surface area (Å²) in [4.78, 5) is 20.2. The van der Waals surface area contributed by atoms with Gasteiger partial charge in [-0.1, -0.05) is 12.1 Å². The average molecular weight is 332 g/mol. The average Bonchev–Trinajstić information content (AvgIpc) is 3.11. The molecule has 0 radical (unpaired) electrons. The standard InChI is InChI=1S/C18H28N4O2/c1-4-19-18(22-10-5-6-11-22)20-13-15-8-7-9-16(12-15)24-14-17(23)21(2)3/h7-9,12H,4-6,10-11,13-14H2,1-3H3,(H,19,20). The molecule has 1 heterocycles. The van der Waals surface area contributed by atoms with Gasteiger partial charge in [0.05, 0.1) is 6.54 Å². The molecule has 0 aromatic heterocycles. The van der Waals surface area contributed by atoms with Crippen molar-refractivity contribution in [3.8, 4) is 5.75 Å². The van der Waals surface area contributed by atoms with Crippen LogP contribution in [0.4, 0.5) is 0 Å². The summed E-state index contributed by atoms with van der Waals surface area (Å²) >= 11 is 0. The normalized spacial score (nSPS) is 14.6. The van der Waals surface area contributed by atoms with E-state index in [9.17, 15) is 4.79 Å². The Labute approximate surface area is 144 Å². The molecule has 1 N–H and O–H groups in total. The van der Waals surface area contributed by atoms with Crippen molar-refractivity contribution in [2.75, 3.05) is 40.3 Å². The fraction of sp³-hybridized carbons (Fsp3) is 0.556. The van der Waals surface area contributed by atoms with Crippen molar-refractivity contribution >= 4 is 11.9 Å². The number of hydrogen-bond donors (Lipinski definition) is 1. The van der Waals surface area contributed by atoms with Crippen LogP contribution in [0.2, 0.25) is 0 Å². The lowest BCUT2D eigenvalue weighted by Crippen LogP contribution is -2.39. The molecule has 0 bridgehead atoms. The molecule has 0 saturated carbocycles. The number of nitrogens with zero attached hydrogens (tertiary/aromatic N) is 3. The molecule has 1 aliphatic heterocycles. The van der Waals surface area contributed by atoms with Gasteiger partial charge in [-0.3, -0.25) is 4.79 Å². The summed E-state index contributed by atoms with van der Waals surface area (Å²) in [6.45, 7) is 5.74. The molecule has 0 spiro atoms. The number of ether oxygens (including phenoxy) is 1. The molecule has 1 amide bonds. The van der Waals surface area contributed by atoms with Crippen LogP contribution in [0.3, 0.4) is 0 Å². The molecule has 2 rings (SSSR count). The maximum absolute atomic E-state index is 11.6. The van der Waals surface area contributed by atoms with E-state index in [0.717, 1.165) is 31.2 Å². The van der Waals surface area contributed by atoms with E-state index in [4.69, 9.17) is 9.73 Å². The second-order valence-corrected chi connectivity index (χ2v) is 6.09. The van der Waals surface area contributed by atoms with Crippen molar-refractivity contribution in [3.05, 3.63) is 29.8 Å². The molecule has 132 valence electrons. The van der Waals surface area contributed by atoms with E-state index in [2.05, 4.69) is 17.1 Å². The third-order valence-electron chi connectivity index (χ3n) is 3.91. The zero-order valence-electron chi connectivity index (χ0n) is 14.9. The number of hydrogen-bond acceptors (Lipinski definition) is 3. The molecule has 1 aromatic carbocycles. The van der Waals surface area contributed by atoms with Crippen LogP contribution in [-0.4, -0.2) is 62.0 Å². The van der Waals surface area contributed by atoms with E-state index in [1.165, 1.54) is 17.7 Å². The number of likely N-dealkylation sites (N-methyl/N-ethyl adjacent to an activating group) is 1. The molecule has 1 saturated heterocycles. The number of rotatable bonds is 6. The predicted octanol–water partition coefficient (Wildman–Crippen LogP) is 1.71. The van der Waals surface area contributed by atoms with Crippen molar-refractivity contribution < 1.29 is 9.53 Å². The molecule has 6 heteroatoms. The SMILES string of the molecule is CCNC(=NCc1cccc(OCC(=O)N(C)C)c1)N1CCCC1. The van der Waals surface area contributed by atoms with Gasteiger partial charge in [0, 0.05) is 33.7 Å². The van der Waals surface area contributed by atoms with Crippen LogP contribution >= 0.6 is 0 Å². The minimum atomic E-state index is -0.0538. The summed E-state index contributed by atoms with van der Waals surface area (Å²) in [5, 5.41) is 3.36. The van der Waals surface area contributed by atoms with Crippen LogP contribution in [0.15, 0.2) is 29.3 Å². The Hall–Kier alpha value is -2.24. The first kappa shape index (κ1) is 18.1. The monoisotopic (exact) mass is 332 g/mol. The van der Waals surface area contributed by atoms with E-state index >= 15 is 0 Å². The highest BCUT2D eigenvalue weighted by Crippen LogP contribution is 2.15. The number of carbonyl (C=O) groups excluding carboxylic acids is 1. The largest absolute Gasteiger partial charge is 0.484 e. The minimum absolute atomic E-state index is 0.0517. The number of guanidine groups is 1. The summed E-state index contributed by atoms with van der Waals surface area (Å²) in [6.07, 6.45) is 2.46. The Morgan fingerprint density at radius 1 is 1.33 bits per heavy atom. The Balaban J connectivity index is 1.97. The van der Waals surface area contributed by atoms with Crippen molar-refractivity contribution in [2.24, 2.45) is 4.99 Å². The van der Waals surface area contributed by atoms with Gasteiger partial charge in [0.15, 0.2) is 12.6 Å². The Bertz CT molecular complexity index is 566. The number of carbonyl (C=O) groups is 1. The molecule has 6 nitrogen and oxygen atoms in total. The summed E-state index contributed by atoms with van der Waals surface area (Å²) in [7, 11) is 3.44. The Kier molecular flexibility index (Phi) is 6.90. The highest BCUT2D eigenvalue weighted by molar-refractivity contribution is 5.80. The van der Waals surface area contributed by atoms with Crippen LogP contribution < -0.4 is 10.1 Å². The smallest absolute Gasteiger partial charge is 0.259 e. The molecule has 0 atom stereocenters. The van der Waals surface area contributed by atoms with Crippen LogP contribution in [0.5, 0.6) is 5.75 Å². The first-order valence-electron chi connectivity index (χ1n) is 8.55. The second kappa shape index (κ2) is 9.15. The maximum Gasteiger partial charge on any atom is 0.259 e. The van der Waals surface area contributed by atoms with Crippen LogP contribution in [-0.2, 0) is 11.3 Å². The van der Waals surface area contributed by atoms with Crippen molar-refractivity contribution in [2.45, 2.75) is 26.3 Å². The van der Waals surface area contributed by atoms with Gasteiger partial charge in [0.25, 0.3) is 5.91 Å². The lowest BCUT2D eigenvalue weighted by atomic mass is 10.2. The molecule has 24 heavy (non-hydrogen) atoms. The van der Waals surface area contributed by atoms with E-state index in [1.54, 1.807) is 14.1 Å². The van der Waals surface area contributed by atoms with E-state index < -0.39 is 0 Å². The van der Waals surface area contributed by atoms with Gasteiger partial charge in [-0.15, -0.1) is 0 Å². The lowest BCUT2D eigenvalue weighted by molar-refractivity contribution is -0.130. The Morgan fingerprint density at radius 3 is 2.75 bits per heavy atom. The topological polar surface area (TPSA) is 57.2 Å². The summed E-state index contributed by atoms with van der Waals surface area (Å²) in [5.41, 5.74) is 1.07. The van der Waals surface area contributed by atoms with E-state index in [0.29, 0.717) is 12.3 Å². The Morgan fingerprint density at radius 2 is 2.08 bits per heavy atom. The van der Waals surface area contributed by atoms with E-state index in [-0.39, 0.29) is 12.5 Å². The fourth-order valence-corrected chi connectivity index (χ4v) is 2.53. The maximum atomic E-state index is 11.6. The van der Waals surface area contributed by atoms with Gasteiger partial charge in [0.2, 0.25) is 0 Å². The zero-order chi connectivity index (χ0) is 17.4. The molecular weight excluding hydrogens is 304 g/mol. The second-order valence-electron chi connectivity index (χ2n) is 6.09. The van der Waals surface area contributed by atoms with Crippen molar-refractivity contribution in [1.82, 2.24) is 15.1 Å². The van der Waals surface area contributed by atoms with Gasteiger partial charge < -0.3 is 19.9 Å². The first-order valence-corrected chi connectivity index (χ1v) is 8.55. The van der Waals surface area contributed by atoms with Crippen molar-refractivity contribution in [3.63, 3.8) is 0 Å². The molecule has 1 aliphatic rings. The van der Waals surface area contributed by atoms with Gasteiger partial charge in [-0.25, -0.2) is 4.99 Å². The number of amides is 1. The highest BCUT2D eigenvalue weighted by atomic mass is 16.5. The summed E-state index contributed by atoms with van der Waals surface area (Å²) in [6, 6.07) is 7.77. The van der Waals surface area contributed by atoms with Crippen LogP contribution in [0.1, 0.15) is 25.3 Å². The number of benzene rings is 1. The molecular formula is C18H28N4O2. The molecule has 1 fully saturated rings. The number of aliphatic imine (C=N–C) groups is 1. The zero-order valence-corrected chi connectivity index (χ0v) is 14.9. The van der Waals surface area contributed by atoms with Crippen LogP contribution in [0, 0.1) is 0 Å². The predicted molar refractivity (Wildman–Crippen MR) is 96.3 cm³/mol. The van der Waals surface area contributed by atoms with Crippen molar-refractivity contribution in [1.29, 1.82) is 0 Å². The molecule has 1 aromatic rings. The van der Waals surface area contributed by atoms with Gasteiger partial charge in [-0.05, 0) is 37.5 Å². The van der Waals surface area contributed by atoms with Gasteiger partial charge >= 0.3 is 0 Å². The lowest BCUT2D eigenvalue weighted by Gasteiger charge is -2.20. The summed E-state index contributed by atoms with van der Waals surface area (Å²) < 4.78 is 5.56. The first-order chi connectivity index (χ1) is 11.6. The number of likely N-dealkylation sites (tertiary alicyclic amines) is 1. The third kappa shape index (κ3) is 5.44. The molecule has 0 aliphatic carbocycles. The van der Waals surface area contributed by atoms with E-state index in [1.807, 2.05) is 24.3 Å².